The van der Waals surface area contributed by atoms with Crippen LogP contribution in [0, 0.1) is 0 Å². The lowest BCUT2D eigenvalue weighted by Crippen LogP contribution is -2.59. The summed E-state index contributed by atoms with van der Waals surface area (Å²) in [5.41, 5.74) is 12.3. The largest absolute Gasteiger partial charge is 0.508 e. The van der Waals surface area contributed by atoms with Gasteiger partial charge in [-0.15, -0.1) is 0 Å². The monoisotopic (exact) mass is 533 g/mol. The number of primary amides is 1. The average molecular weight is 534 g/mol. The molecule has 1 aromatic carbocycles. The van der Waals surface area contributed by atoms with E-state index in [2.05, 4.69) is 20.6 Å². The van der Waals surface area contributed by atoms with Gasteiger partial charge < -0.3 is 47.7 Å². The molecule has 2 rings (SSSR count). The number of aromatic hydroxyl groups is 1. The minimum absolute atomic E-state index is 0.0424. The Morgan fingerprint density at radius 3 is 2.11 bits per heavy atom. The van der Waals surface area contributed by atoms with E-state index in [4.69, 9.17) is 11.5 Å². The number of phenols is 1. The van der Waals surface area contributed by atoms with Gasteiger partial charge in [-0.25, -0.2) is 9.78 Å². The van der Waals surface area contributed by atoms with E-state index < -0.39 is 66.3 Å². The van der Waals surface area contributed by atoms with E-state index >= 15 is 0 Å². The van der Waals surface area contributed by atoms with Crippen LogP contribution in [0.4, 0.5) is 0 Å². The molecule has 38 heavy (non-hydrogen) atoms. The molecule has 4 amide bonds. The van der Waals surface area contributed by atoms with Gasteiger partial charge in [0.25, 0.3) is 0 Å². The van der Waals surface area contributed by atoms with E-state index in [1.54, 1.807) is 12.1 Å². The molecule has 2 aromatic rings. The quantitative estimate of drug-likeness (QED) is 0.119. The van der Waals surface area contributed by atoms with Crippen LogP contribution in [0.5, 0.6) is 5.75 Å². The minimum Gasteiger partial charge on any atom is -0.508 e. The van der Waals surface area contributed by atoms with Crippen LogP contribution < -0.4 is 27.4 Å². The molecule has 0 saturated carbocycles. The molecule has 0 bridgehead atoms. The second-order valence-corrected chi connectivity index (χ2v) is 8.62. The van der Waals surface area contributed by atoms with Gasteiger partial charge in [0.2, 0.25) is 23.6 Å². The van der Waals surface area contributed by atoms with Crippen molar-refractivity contribution in [2.24, 2.45) is 11.5 Å². The number of aromatic nitrogens is 2. The molecular formula is C23H31N7O8. The highest BCUT2D eigenvalue weighted by Crippen LogP contribution is 2.11. The number of H-pyrrole nitrogens is 1. The highest BCUT2D eigenvalue weighted by atomic mass is 16.4. The molecule has 11 N–H and O–H groups in total. The number of aliphatic hydroxyl groups is 1. The van der Waals surface area contributed by atoms with E-state index in [-0.39, 0.29) is 18.6 Å². The van der Waals surface area contributed by atoms with E-state index in [1.807, 2.05) is 5.32 Å². The number of nitrogens with zero attached hydrogens (tertiary/aromatic N) is 1. The number of hydrogen-bond donors (Lipinski definition) is 9. The standard InChI is InChI=1S/C23H31N7O8/c1-11(31)19(23(37)38)30-22(36)17(8-18(25)33)29-21(35)16(7-13-9-26-10-27-13)28-20(34)15(24)6-12-2-4-14(32)5-3-12/h2-5,9-11,15-17,19,31-32H,6-8,24H2,1H3,(H2,25,33)(H,26,27)(H,28,34)(H,29,35)(H,30,36)(H,37,38). The normalized spacial score (nSPS) is 14.8. The van der Waals surface area contributed by atoms with Crippen molar-refractivity contribution < 1.29 is 39.3 Å². The third-order valence-electron chi connectivity index (χ3n) is 5.43. The Bertz CT molecular complexity index is 1120. The van der Waals surface area contributed by atoms with Gasteiger partial charge >= 0.3 is 5.97 Å². The van der Waals surface area contributed by atoms with Crippen molar-refractivity contribution in [1.82, 2.24) is 25.9 Å². The van der Waals surface area contributed by atoms with Crippen molar-refractivity contribution in [3.05, 3.63) is 48.0 Å². The van der Waals surface area contributed by atoms with Crippen LogP contribution in [0.2, 0.25) is 0 Å². The molecule has 0 spiro atoms. The van der Waals surface area contributed by atoms with Crippen molar-refractivity contribution >= 4 is 29.6 Å². The molecule has 15 heteroatoms. The zero-order chi connectivity index (χ0) is 28.4. The number of imidazole rings is 1. The summed E-state index contributed by atoms with van der Waals surface area (Å²) in [6.45, 7) is 1.14. The van der Waals surface area contributed by atoms with Crippen LogP contribution in [-0.4, -0.2) is 85.2 Å². The van der Waals surface area contributed by atoms with Gasteiger partial charge in [0.1, 0.15) is 17.8 Å². The molecule has 0 saturated heterocycles. The number of carboxylic acid groups (broad SMARTS) is 1. The molecule has 5 unspecified atom stereocenters. The summed E-state index contributed by atoms with van der Waals surface area (Å²) >= 11 is 0. The maximum Gasteiger partial charge on any atom is 0.328 e. The summed E-state index contributed by atoms with van der Waals surface area (Å²) in [6, 6.07) is 0.354. The Labute approximate surface area is 217 Å². The van der Waals surface area contributed by atoms with Gasteiger partial charge in [0.15, 0.2) is 6.04 Å². The average Bonchev–Trinajstić information content (AvgIpc) is 3.35. The minimum atomic E-state index is -1.71. The topological polar surface area (TPSA) is 263 Å². The van der Waals surface area contributed by atoms with Crippen molar-refractivity contribution in [1.29, 1.82) is 0 Å². The molecule has 206 valence electrons. The van der Waals surface area contributed by atoms with Gasteiger partial charge in [0, 0.05) is 18.3 Å². The summed E-state index contributed by atoms with van der Waals surface area (Å²) in [5.74, 6) is -5.14. The third-order valence-corrected chi connectivity index (χ3v) is 5.43. The number of aromatic amines is 1. The number of aliphatic carboxylic acids is 1. The predicted molar refractivity (Wildman–Crippen MR) is 131 cm³/mol. The van der Waals surface area contributed by atoms with Crippen molar-refractivity contribution in [3.63, 3.8) is 0 Å². The van der Waals surface area contributed by atoms with Gasteiger partial charge in [-0.3, -0.25) is 19.2 Å². The van der Waals surface area contributed by atoms with Crippen molar-refractivity contribution in [2.75, 3.05) is 0 Å². The fourth-order valence-corrected chi connectivity index (χ4v) is 3.41. The molecule has 5 atom stereocenters. The summed E-state index contributed by atoms with van der Waals surface area (Å²) in [6.07, 6.45) is 0.593. The van der Waals surface area contributed by atoms with E-state index in [9.17, 15) is 39.3 Å². The van der Waals surface area contributed by atoms with E-state index in [0.29, 0.717) is 11.3 Å². The first-order valence-electron chi connectivity index (χ1n) is 11.5. The van der Waals surface area contributed by atoms with Crippen molar-refractivity contribution in [3.8, 4) is 5.75 Å². The first-order chi connectivity index (χ1) is 17.9. The molecule has 15 nitrogen and oxygen atoms in total. The van der Waals surface area contributed by atoms with Gasteiger partial charge in [-0.05, 0) is 31.0 Å². The number of aliphatic hydroxyl groups excluding tert-OH is 1. The third kappa shape index (κ3) is 9.18. The SMILES string of the molecule is CC(O)C(NC(=O)C(CC(N)=O)NC(=O)C(Cc1cnc[nH]1)NC(=O)C(N)Cc1ccc(O)cc1)C(=O)O. The van der Waals surface area contributed by atoms with Crippen LogP contribution in [0.1, 0.15) is 24.6 Å². The van der Waals surface area contributed by atoms with E-state index in [1.165, 1.54) is 24.7 Å². The number of carbonyl (C=O) groups is 5. The van der Waals surface area contributed by atoms with Gasteiger partial charge in [0.05, 0.1) is 24.9 Å². The number of amides is 4. The maximum atomic E-state index is 13.1. The summed E-state index contributed by atoms with van der Waals surface area (Å²) in [7, 11) is 0. The number of carboxylic acids is 1. The summed E-state index contributed by atoms with van der Waals surface area (Å²) < 4.78 is 0. The lowest BCUT2D eigenvalue weighted by molar-refractivity contribution is -0.145. The molecule has 0 aliphatic rings. The molecule has 1 heterocycles. The second-order valence-electron chi connectivity index (χ2n) is 8.62. The highest BCUT2D eigenvalue weighted by Gasteiger charge is 2.33. The number of nitrogens with two attached hydrogens (primary N) is 2. The highest BCUT2D eigenvalue weighted by molar-refractivity contribution is 5.96. The summed E-state index contributed by atoms with van der Waals surface area (Å²) in [5, 5.41) is 35.1. The predicted octanol–water partition coefficient (Wildman–Crippen LogP) is -2.98. The molecule has 0 aliphatic heterocycles. The Morgan fingerprint density at radius 1 is 0.974 bits per heavy atom. The first-order valence-corrected chi connectivity index (χ1v) is 11.5. The van der Waals surface area contributed by atoms with Crippen LogP contribution in [0.25, 0.3) is 0 Å². The molecule has 0 fully saturated rings. The Hall–Kier alpha value is -4.50. The van der Waals surface area contributed by atoms with Gasteiger partial charge in [-0.2, -0.15) is 0 Å². The number of hydrogen-bond acceptors (Lipinski definition) is 9. The van der Waals surface area contributed by atoms with Crippen molar-refractivity contribution in [2.45, 2.75) is 56.5 Å². The summed E-state index contributed by atoms with van der Waals surface area (Å²) in [4.78, 5) is 68.2. The molecular weight excluding hydrogens is 502 g/mol. The maximum absolute atomic E-state index is 13.1. The smallest absolute Gasteiger partial charge is 0.328 e. The van der Waals surface area contributed by atoms with Crippen LogP contribution in [0.3, 0.4) is 0 Å². The Morgan fingerprint density at radius 2 is 1.58 bits per heavy atom. The van der Waals surface area contributed by atoms with E-state index in [0.717, 1.165) is 6.92 Å². The lowest BCUT2D eigenvalue weighted by atomic mass is 10.0. The number of phenolic OH excluding ortho intramolecular Hbond substituents is 1. The number of nitrogens with one attached hydrogen (secondary N) is 4. The van der Waals surface area contributed by atoms with Crippen LogP contribution in [0.15, 0.2) is 36.8 Å². The lowest BCUT2D eigenvalue weighted by Gasteiger charge is -2.25. The molecule has 0 aliphatic carbocycles. The zero-order valence-corrected chi connectivity index (χ0v) is 20.5. The first kappa shape index (κ1) is 29.7. The fraction of sp³-hybridized carbons (Fsp3) is 0.391. The Balaban J connectivity index is 2.18. The zero-order valence-electron chi connectivity index (χ0n) is 20.5. The number of benzene rings is 1. The van der Waals surface area contributed by atoms with Crippen LogP contribution >= 0.6 is 0 Å². The Kier molecular flexibility index (Phi) is 10.7. The molecule has 1 aromatic heterocycles. The molecule has 0 radical (unpaired) electrons. The number of rotatable bonds is 14. The number of carbonyl (C=O) groups excluding carboxylic acids is 4. The van der Waals surface area contributed by atoms with Gasteiger partial charge in [-0.1, -0.05) is 12.1 Å². The second kappa shape index (κ2) is 13.7. The van der Waals surface area contributed by atoms with Crippen LogP contribution in [-0.2, 0) is 36.8 Å². The fourth-order valence-electron chi connectivity index (χ4n) is 3.41.